The Morgan fingerprint density at radius 2 is 1.51 bits per heavy atom. The van der Waals surface area contributed by atoms with E-state index in [9.17, 15) is 26.8 Å². The van der Waals surface area contributed by atoms with Crippen molar-refractivity contribution in [3.8, 4) is 0 Å². The van der Waals surface area contributed by atoms with Crippen molar-refractivity contribution < 1.29 is 26.8 Å². The third-order valence-corrected chi connectivity index (χ3v) is 7.68. The molecule has 0 aromatic heterocycles. The van der Waals surface area contributed by atoms with Gasteiger partial charge in [-0.05, 0) is 47.7 Å². The maximum absolute atomic E-state index is 14.4. The van der Waals surface area contributed by atoms with Gasteiger partial charge in [0.1, 0.15) is 17.7 Å². The van der Waals surface area contributed by atoms with Gasteiger partial charge in [0.15, 0.2) is 0 Å². The molecule has 0 unspecified atom stereocenters. The molecule has 3 aromatic rings. The molecule has 41 heavy (non-hydrogen) atoms. The van der Waals surface area contributed by atoms with Gasteiger partial charge in [0.05, 0.1) is 11.9 Å². The van der Waals surface area contributed by atoms with Crippen molar-refractivity contribution in [2.45, 2.75) is 45.7 Å². The summed E-state index contributed by atoms with van der Waals surface area (Å²) in [5, 5.41) is 2.93. The number of amides is 2. The highest BCUT2D eigenvalue weighted by Gasteiger charge is 2.30. The number of carbonyl (C=O) groups excluding carboxylic acids is 2. The van der Waals surface area contributed by atoms with Crippen LogP contribution in [0.5, 0.6) is 0 Å². The Morgan fingerprint density at radius 3 is 2.12 bits per heavy atom. The van der Waals surface area contributed by atoms with E-state index in [1.165, 1.54) is 41.3 Å². The van der Waals surface area contributed by atoms with Gasteiger partial charge in [-0.25, -0.2) is 17.2 Å². The van der Waals surface area contributed by atoms with Crippen LogP contribution in [-0.4, -0.2) is 50.5 Å². The predicted molar refractivity (Wildman–Crippen MR) is 157 cm³/mol. The minimum atomic E-state index is -3.83. The van der Waals surface area contributed by atoms with Crippen LogP contribution >= 0.6 is 0 Å². The molecular weight excluding hydrogens is 548 g/mol. The van der Waals surface area contributed by atoms with Crippen molar-refractivity contribution in [2.24, 2.45) is 5.92 Å². The van der Waals surface area contributed by atoms with Gasteiger partial charge < -0.3 is 10.2 Å². The van der Waals surface area contributed by atoms with Crippen LogP contribution < -0.4 is 9.62 Å². The van der Waals surface area contributed by atoms with Crippen molar-refractivity contribution in [2.75, 3.05) is 23.7 Å². The Hall–Kier alpha value is -3.79. The summed E-state index contributed by atoms with van der Waals surface area (Å²) in [6.45, 7) is 4.29. The number of para-hydroxylation sites is 1. The van der Waals surface area contributed by atoms with Gasteiger partial charge in [0.25, 0.3) is 0 Å². The molecule has 0 spiro atoms. The van der Waals surface area contributed by atoms with Crippen LogP contribution in [0.2, 0.25) is 0 Å². The van der Waals surface area contributed by atoms with Crippen molar-refractivity contribution in [1.29, 1.82) is 0 Å². The van der Waals surface area contributed by atoms with Crippen LogP contribution in [0.15, 0.2) is 78.9 Å². The average molecular weight is 586 g/mol. The lowest BCUT2D eigenvalue weighted by atomic mass is 10.0. The number of benzene rings is 3. The highest BCUT2D eigenvalue weighted by Crippen LogP contribution is 2.23. The van der Waals surface area contributed by atoms with E-state index in [1.807, 2.05) is 44.2 Å². The summed E-state index contributed by atoms with van der Waals surface area (Å²) in [7, 11) is -3.83. The van der Waals surface area contributed by atoms with E-state index in [4.69, 9.17) is 0 Å². The number of halogens is 2. The molecule has 0 aliphatic heterocycles. The molecule has 0 saturated heterocycles. The SMILES string of the molecule is CC(C)CNC(=O)[C@H](Cc1ccccc1)N(Cc1ccc(F)cc1)C(=O)CCCN(c1ccccc1F)S(C)(=O)=O. The third-order valence-electron chi connectivity index (χ3n) is 6.50. The van der Waals surface area contributed by atoms with Gasteiger partial charge in [-0.3, -0.25) is 13.9 Å². The summed E-state index contributed by atoms with van der Waals surface area (Å²) in [4.78, 5) is 28.7. The molecule has 0 aliphatic carbocycles. The molecule has 7 nitrogen and oxygen atoms in total. The smallest absolute Gasteiger partial charge is 0.243 e. The maximum Gasteiger partial charge on any atom is 0.243 e. The number of hydrogen-bond donors (Lipinski definition) is 1. The fourth-order valence-corrected chi connectivity index (χ4v) is 5.37. The van der Waals surface area contributed by atoms with E-state index < -0.39 is 27.7 Å². The first-order valence-electron chi connectivity index (χ1n) is 13.5. The lowest BCUT2D eigenvalue weighted by Crippen LogP contribution is -2.51. The molecule has 1 atom stereocenters. The van der Waals surface area contributed by atoms with E-state index in [-0.39, 0.29) is 55.8 Å². The molecule has 0 fully saturated rings. The van der Waals surface area contributed by atoms with Crippen LogP contribution in [0.3, 0.4) is 0 Å². The molecule has 1 N–H and O–H groups in total. The number of carbonyl (C=O) groups is 2. The fraction of sp³-hybridized carbons (Fsp3) is 0.355. The van der Waals surface area contributed by atoms with E-state index in [1.54, 1.807) is 12.1 Å². The summed E-state index contributed by atoms with van der Waals surface area (Å²) < 4.78 is 53.9. The van der Waals surface area contributed by atoms with Crippen molar-refractivity contribution in [3.05, 3.63) is 102 Å². The molecule has 10 heteroatoms. The zero-order valence-electron chi connectivity index (χ0n) is 23.6. The highest BCUT2D eigenvalue weighted by molar-refractivity contribution is 7.92. The number of rotatable bonds is 14. The minimum Gasteiger partial charge on any atom is -0.354 e. The molecule has 3 aromatic carbocycles. The van der Waals surface area contributed by atoms with E-state index >= 15 is 0 Å². The third kappa shape index (κ3) is 9.67. The zero-order chi connectivity index (χ0) is 30.0. The topological polar surface area (TPSA) is 86.8 Å². The Labute approximate surface area is 241 Å². The summed E-state index contributed by atoms with van der Waals surface area (Å²) in [5.74, 6) is -1.61. The van der Waals surface area contributed by atoms with Gasteiger partial charge in [-0.1, -0.05) is 68.4 Å². The summed E-state index contributed by atoms with van der Waals surface area (Å²) >= 11 is 0. The first-order valence-corrected chi connectivity index (χ1v) is 15.4. The molecule has 0 heterocycles. The van der Waals surface area contributed by atoms with Crippen molar-refractivity contribution in [3.63, 3.8) is 0 Å². The van der Waals surface area contributed by atoms with E-state index in [0.29, 0.717) is 12.1 Å². The van der Waals surface area contributed by atoms with Crippen molar-refractivity contribution >= 4 is 27.5 Å². The number of nitrogens with one attached hydrogen (secondary N) is 1. The van der Waals surface area contributed by atoms with E-state index in [2.05, 4.69) is 5.32 Å². The molecule has 220 valence electrons. The van der Waals surface area contributed by atoms with Crippen molar-refractivity contribution in [1.82, 2.24) is 10.2 Å². The summed E-state index contributed by atoms with van der Waals surface area (Å²) in [5.41, 5.74) is 1.40. The summed E-state index contributed by atoms with van der Waals surface area (Å²) in [6.07, 6.45) is 1.23. The number of sulfonamides is 1. The Kier molecular flexibility index (Phi) is 11.4. The van der Waals surface area contributed by atoms with Crippen LogP contribution in [0.4, 0.5) is 14.5 Å². The molecule has 3 rings (SSSR count). The molecule has 0 aliphatic rings. The van der Waals surface area contributed by atoms with Crippen LogP contribution in [0, 0.1) is 17.6 Å². The molecule has 0 saturated carbocycles. The first kappa shape index (κ1) is 31.7. The molecule has 0 bridgehead atoms. The lowest BCUT2D eigenvalue weighted by Gasteiger charge is -2.32. The lowest BCUT2D eigenvalue weighted by molar-refractivity contribution is -0.141. The van der Waals surface area contributed by atoms with Gasteiger partial charge in [0.2, 0.25) is 21.8 Å². The molecule has 0 radical (unpaired) electrons. The number of nitrogens with zero attached hydrogens (tertiary/aromatic N) is 2. The van der Waals surface area contributed by atoms with Gasteiger partial charge in [-0.2, -0.15) is 0 Å². The van der Waals surface area contributed by atoms with Crippen LogP contribution in [0.1, 0.15) is 37.8 Å². The van der Waals surface area contributed by atoms with Crippen LogP contribution in [-0.2, 0) is 32.6 Å². The van der Waals surface area contributed by atoms with Crippen LogP contribution in [0.25, 0.3) is 0 Å². The second-order valence-corrected chi connectivity index (χ2v) is 12.3. The maximum atomic E-state index is 14.4. The number of hydrogen-bond acceptors (Lipinski definition) is 4. The predicted octanol–water partition coefficient (Wildman–Crippen LogP) is 4.92. The monoisotopic (exact) mass is 585 g/mol. The first-order chi connectivity index (χ1) is 19.5. The molecular formula is C31H37F2N3O4S. The summed E-state index contributed by atoms with van der Waals surface area (Å²) in [6, 6.07) is 19.7. The van der Waals surface area contributed by atoms with Gasteiger partial charge in [-0.15, -0.1) is 0 Å². The van der Waals surface area contributed by atoms with E-state index in [0.717, 1.165) is 16.1 Å². The highest BCUT2D eigenvalue weighted by atomic mass is 32.2. The fourth-order valence-electron chi connectivity index (χ4n) is 4.40. The second-order valence-electron chi connectivity index (χ2n) is 10.4. The second kappa shape index (κ2) is 14.7. The Morgan fingerprint density at radius 1 is 0.878 bits per heavy atom. The largest absolute Gasteiger partial charge is 0.354 e. The quantitative estimate of drug-likeness (QED) is 0.291. The molecule has 2 amide bonds. The van der Waals surface area contributed by atoms with Gasteiger partial charge >= 0.3 is 0 Å². The van der Waals surface area contributed by atoms with Gasteiger partial charge in [0, 0.05) is 32.5 Å². The standard InChI is InChI=1S/C31H37F2N3O4S/c1-23(2)21-34-31(38)29(20-24-10-5-4-6-11-24)35(22-25-15-17-26(32)18-16-25)30(37)14-9-19-36(41(3,39)40)28-13-8-7-12-27(28)33/h4-8,10-13,15-18,23,29H,9,14,19-22H2,1-3H3,(H,34,38)/t29-/m0/s1. The normalized spacial score (nSPS) is 12.1. The average Bonchev–Trinajstić information content (AvgIpc) is 2.93. The Balaban J connectivity index is 1.88. The minimum absolute atomic E-state index is 0.0504. The Bertz CT molecular complexity index is 1400. The number of anilines is 1. The zero-order valence-corrected chi connectivity index (χ0v) is 24.4.